The number of nitrogens with two attached hydrogens (primary N) is 1. The Balaban J connectivity index is 2.48. The fourth-order valence-corrected chi connectivity index (χ4v) is 1.74. The van der Waals surface area contributed by atoms with Crippen LogP contribution in [0.5, 0.6) is 0 Å². The highest BCUT2D eigenvalue weighted by Crippen LogP contribution is 2.11. The Bertz CT molecular complexity index is 337. The molecule has 5 nitrogen and oxygen atoms in total. The summed E-state index contributed by atoms with van der Waals surface area (Å²) in [5, 5.41) is 3.16. The lowest BCUT2D eigenvalue weighted by Crippen LogP contribution is -2.36. The smallest absolute Gasteiger partial charge is 0.243 e. The van der Waals surface area contributed by atoms with E-state index in [1.807, 2.05) is 13.8 Å². The van der Waals surface area contributed by atoms with E-state index in [0.717, 1.165) is 0 Å². The molecule has 0 bridgehead atoms. The average Bonchev–Trinajstić information content (AvgIpc) is 2.50. The Morgan fingerprint density at radius 3 is 2.73 bits per heavy atom. The van der Waals surface area contributed by atoms with Gasteiger partial charge in [-0.3, -0.25) is 10.1 Å². The molecule has 1 aromatic rings. The summed E-state index contributed by atoms with van der Waals surface area (Å²) in [6.07, 6.45) is 0.670. The summed E-state index contributed by atoms with van der Waals surface area (Å²) >= 11 is 1.17. The van der Waals surface area contributed by atoms with Gasteiger partial charge in [0.25, 0.3) is 0 Å². The number of anilines is 1. The fraction of sp³-hybridized carbons (Fsp3) is 0.667. The molecule has 0 fully saturated rings. The molecule has 0 aliphatic rings. The van der Waals surface area contributed by atoms with Gasteiger partial charge in [0, 0.05) is 11.5 Å². The van der Waals surface area contributed by atoms with E-state index < -0.39 is 6.04 Å². The lowest BCUT2D eigenvalue weighted by Gasteiger charge is -2.12. The van der Waals surface area contributed by atoms with E-state index in [1.54, 1.807) is 6.92 Å². The van der Waals surface area contributed by atoms with E-state index in [-0.39, 0.29) is 5.91 Å². The first-order valence-electron chi connectivity index (χ1n) is 4.85. The molecule has 3 N–H and O–H groups in total. The Labute approximate surface area is 93.3 Å². The summed E-state index contributed by atoms with van der Waals surface area (Å²) in [5.74, 6) is 0.870. The number of aryl methyl sites for hydroxylation is 1. The average molecular weight is 228 g/mol. The van der Waals surface area contributed by atoms with E-state index >= 15 is 0 Å². The standard InChI is InChI=1S/C9H16N4OS/c1-5(2)4-7(10)8(14)12-9-11-6(3)13-15-9/h5,7H,4,10H2,1-3H3,(H,11,12,13,14). The maximum atomic E-state index is 11.6. The highest BCUT2D eigenvalue weighted by Gasteiger charge is 2.16. The number of nitrogens with one attached hydrogen (secondary N) is 1. The van der Waals surface area contributed by atoms with Gasteiger partial charge in [-0.2, -0.15) is 4.37 Å². The Morgan fingerprint density at radius 1 is 1.60 bits per heavy atom. The monoisotopic (exact) mass is 228 g/mol. The van der Waals surface area contributed by atoms with Gasteiger partial charge in [-0.25, -0.2) is 4.98 Å². The molecule has 0 spiro atoms. The zero-order chi connectivity index (χ0) is 11.4. The minimum Gasteiger partial charge on any atom is -0.320 e. The van der Waals surface area contributed by atoms with Crippen molar-refractivity contribution in [1.29, 1.82) is 0 Å². The third-order valence-corrected chi connectivity index (χ3v) is 2.54. The first-order chi connectivity index (χ1) is 6.99. The molecule has 1 aromatic heterocycles. The molecule has 0 radical (unpaired) electrons. The van der Waals surface area contributed by atoms with Crippen molar-refractivity contribution < 1.29 is 4.79 Å². The molecule has 15 heavy (non-hydrogen) atoms. The summed E-state index contributed by atoms with van der Waals surface area (Å²) in [5.41, 5.74) is 5.72. The van der Waals surface area contributed by atoms with Crippen LogP contribution in [0, 0.1) is 12.8 Å². The molecule has 0 saturated carbocycles. The normalized spacial score (nSPS) is 12.9. The minimum absolute atomic E-state index is 0.195. The van der Waals surface area contributed by atoms with Crippen LogP contribution in [0.25, 0.3) is 0 Å². The van der Waals surface area contributed by atoms with Gasteiger partial charge < -0.3 is 5.73 Å². The molecule has 1 rings (SSSR count). The second-order valence-electron chi connectivity index (χ2n) is 3.87. The van der Waals surface area contributed by atoms with E-state index in [0.29, 0.717) is 23.3 Å². The molecular formula is C9H16N4OS. The SMILES string of the molecule is Cc1nsc(NC(=O)C(N)CC(C)C)n1. The molecule has 0 aliphatic heterocycles. The summed E-state index contributed by atoms with van der Waals surface area (Å²) in [7, 11) is 0. The number of carbonyl (C=O) groups excluding carboxylic acids is 1. The van der Waals surface area contributed by atoms with Crippen LogP contribution in [0.2, 0.25) is 0 Å². The van der Waals surface area contributed by atoms with Crippen LogP contribution in [0.3, 0.4) is 0 Å². The molecular weight excluding hydrogens is 212 g/mol. The maximum Gasteiger partial charge on any atom is 0.243 e. The molecule has 1 atom stereocenters. The number of nitrogens with zero attached hydrogens (tertiary/aromatic N) is 2. The van der Waals surface area contributed by atoms with Crippen molar-refractivity contribution >= 4 is 22.6 Å². The molecule has 1 heterocycles. The van der Waals surface area contributed by atoms with Gasteiger partial charge in [-0.1, -0.05) is 13.8 Å². The van der Waals surface area contributed by atoms with Crippen molar-refractivity contribution in [3.63, 3.8) is 0 Å². The quantitative estimate of drug-likeness (QED) is 0.810. The van der Waals surface area contributed by atoms with Crippen molar-refractivity contribution in [3.05, 3.63) is 5.82 Å². The molecule has 0 aliphatic carbocycles. The summed E-state index contributed by atoms with van der Waals surface area (Å²) in [6.45, 7) is 5.84. The summed E-state index contributed by atoms with van der Waals surface area (Å²) in [4.78, 5) is 15.6. The van der Waals surface area contributed by atoms with Crippen molar-refractivity contribution in [1.82, 2.24) is 9.36 Å². The van der Waals surface area contributed by atoms with Gasteiger partial charge in [0.05, 0.1) is 6.04 Å². The highest BCUT2D eigenvalue weighted by molar-refractivity contribution is 7.09. The third kappa shape index (κ3) is 3.93. The topological polar surface area (TPSA) is 80.9 Å². The number of amides is 1. The van der Waals surface area contributed by atoms with Crippen molar-refractivity contribution in [3.8, 4) is 0 Å². The Morgan fingerprint density at radius 2 is 2.27 bits per heavy atom. The predicted molar refractivity (Wildman–Crippen MR) is 60.7 cm³/mol. The van der Waals surface area contributed by atoms with E-state index in [2.05, 4.69) is 14.7 Å². The van der Waals surface area contributed by atoms with Crippen LogP contribution in [0.15, 0.2) is 0 Å². The number of carbonyl (C=O) groups is 1. The molecule has 84 valence electrons. The molecule has 1 unspecified atom stereocenters. The molecule has 0 aromatic carbocycles. The summed E-state index contributed by atoms with van der Waals surface area (Å²) in [6, 6.07) is -0.478. The predicted octanol–water partition coefficient (Wildman–Crippen LogP) is 1.16. The van der Waals surface area contributed by atoms with E-state index in [1.165, 1.54) is 11.5 Å². The largest absolute Gasteiger partial charge is 0.320 e. The highest BCUT2D eigenvalue weighted by atomic mass is 32.1. The van der Waals surface area contributed by atoms with Crippen molar-refractivity contribution in [2.75, 3.05) is 5.32 Å². The van der Waals surface area contributed by atoms with Gasteiger partial charge >= 0.3 is 0 Å². The van der Waals surface area contributed by atoms with E-state index in [4.69, 9.17) is 5.73 Å². The van der Waals surface area contributed by atoms with Crippen molar-refractivity contribution in [2.45, 2.75) is 33.2 Å². The second kappa shape index (κ2) is 5.18. The lowest BCUT2D eigenvalue weighted by atomic mass is 10.0. The van der Waals surface area contributed by atoms with Crippen molar-refractivity contribution in [2.24, 2.45) is 11.7 Å². The van der Waals surface area contributed by atoms with Crippen LogP contribution in [0.1, 0.15) is 26.1 Å². The fourth-order valence-electron chi connectivity index (χ4n) is 1.16. The number of rotatable bonds is 4. The molecule has 6 heteroatoms. The molecule has 1 amide bonds. The third-order valence-electron chi connectivity index (χ3n) is 1.82. The van der Waals surface area contributed by atoms with Crippen LogP contribution < -0.4 is 11.1 Å². The van der Waals surface area contributed by atoms with Crippen LogP contribution in [0.4, 0.5) is 5.13 Å². The van der Waals surface area contributed by atoms with Gasteiger partial charge in [0.15, 0.2) is 0 Å². The number of hydrogen-bond acceptors (Lipinski definition) is 5. The first-order valence-corrected chi connectivity index (χ1v) is 5.63. The first kappa shape index (κ1) is 12.1. The zero-order valence-electron chi connectivity index (χ0n) is 9.15. The molecule has 0 saturated heterocycles. The second-order valence-corrected chi connectivity index (χ2v) is 4.62. The Hall–Kier alpha value is -1.01. The maximum absolute atomic E-state index is 11.6. The Kier molecular flexibility index (Phi) is 4.16. The van der Waals surface area contributed by atoms with E-state index in [9.17, 15) is 4.79 Å². The van der Waals surface area contributed by atoms with Gasteiger partial charge in [-0.05, 0) is 19.3 Å². The zero-order valence-corrected chi connectivity index (χ0v) is 9.97. The lowest BCUT2D eigenvalue weighted by molar-refractivity contribution is -0.117. The van der Waals surface area contributed by atoms with Gasteiger partial charge in [0.2, 0.25) is 11.0 Å². The van der Waals surface area contributed by atoms with Crippen LogP contribution >= 0.6 is 11.5 Å². The van der Waals surface area contributed by atoms with Crippen LogP contribution in [-0.2, 0) is 4.79 Å². The van der Waals surface area contributed by atoms with Gasteiger partial charge in [0.1, 0.15) is 5.82 Å². The minimum atomic E-state index is -0.478. The van der Waals surface area contributed by atoms with Crippen LogP contribution in [-0.4, -0.2) is 21.3 Å². The summed E-state index contributed by atoms with van der Waals surface area (Å²) < 4.78 is 3.96. The number of aromatic nitrogens is 2. The number of hydrogen-bond donors (Lipinski definition) is 2. The van der Waals surface area contributed by atoms with Gasteiger partial charge in [-0.15, -0.1) is 0 Å².